The SMILES string of the molecule is O=C(CNC1(C(=O)O)CCC1)NCc1ccccc1. The summed E-state index contributed by atoms with van der Waals surface area (Å²) in [6, 6.07) is 9.60. The van der Waals surface area contributed by atoms with E-state index in [-0.39, 0.29) is 12.5 Å². The van der Waals surface area contributed by atoms with Crippen LogP contribution in [0.1, 0.15) is 24.8 Å². The third-order valence-corrected chi connectivity index (χ3v) is 3.54. The van der Waals surface area contributed by atoms with Gasteiger partial charge in [-0.05, 0) is 24.8 Å². The monoisotopic (exact) mass is 262 g/mol. The zero-order valence-corrected chi connectivity index (χ0v) is 10.7. The Morgan fingerprint density at radius 3 is 2.42 bits per heavy atom. The van der Waals surface area contributed by atoms with E-state index < -0.39 is 11.5 Å². The maximum absolute atomic E-state index is 11.7. The largest absolute Gasteiger partial charge is 0.480 e. The minimum absolute atomic E-state index is 0.0408. The summed E-state index contributed by atoms with van der Waals surface area (Å²) < 4.78 is 0. The van der Waals surface area contributed by atoms with E-state index in [0.717, 1.165) is 12.0 Å². The van der Waals surface area contributed by atoms with E-state index in [1.54, 1.807) is 0 Å². The molecule has 2 rings (SSSR count). The molecule has 0 saturated heterocycles. The van der Waals surface area contributed by atoms with Crippen molar-refractivity contribution in [2.45, 2.75) is 31.3 Å². The summed E-state index contributed by atoms with van der Waals surface area (Å²) in [6.45, 7) is 0.501. The van der Waals surface area contributed by atoms with E-state index in [9.17, 15) is 9.59 Å². The van der Waals surface area contributed by atoms with Crippen molar-refractivity contribution in [3.05, 3.63) is 35.9 Å². The van der Waals surface area contributed by atoms with Gasteiger partial charge < -0.3 is 10.4 Å². The van der Waals surface area contributed by atoms with Crippen molar-refractivity contribution < 1.29 is 14.7 Å². The van der Waals surface area contributed by atoms with E-state index in [2.05, 4.69) is 10.6 Å². The smallest absolute Gasteiger partial charge is 0.323 e. The Hall–Kier alpha value is -1.88. The molecule has 1 fully saturated rings. The van der Waals surface area contributed by atoms with Crippen LogP contribution in [-0.2, 0) is 16.1 Å². The summed E-state index contributed by atoms with van der Waals surface area (Å²) in [5.74, 6) is -1.05. The summed E-state index contributed by atoms with van der Waals surface area (Å²) in [5, 5.41) is 14.7. The summed E-state index contributed by atoms with van der Waals surface area (Å²) in [4.78, 5) is 22.8. The van der Waals surface area contributed by atoms with Crippen LogP contribution in [0.4, 0.5) is 0 Å². The van der Waals surface area contributed by atoms with Gasteiger partial charge in [-0.2, -0.15) is 0 Å². The number of benzene rings is 1. The van der Waals surface area contributed by atoms with Crippen LogP contribution in [0.25, 0.3) is 0 Å². The normalized spacial score (nSPS) is 16.4. The Bertz CT molecular complexity index is 455. The molecule has 102 valence electrons. The second-order valence-corrected chi connectivity index (χ2v) is 4.86. The molecule has 0 aliphatic heterocycles. The van der Waals surface area contributed by atoms with Crippen LogP contribution in [0.5, 0.6) is 0 Å². The molecule has 0 spiro atoms. The molecule has 0 bridgehead atoms. The van der Waals surface area contributed by atoms with Crippen LogP contribution < -0.4 is 10.6 Å². The first-order valence-electron chi connectivity index (χ1n) is 6.41. The Labute approximate surface area is 112 Å². The number of aliphatic carboxylic acids is 1. The number of hydrogen-bond donors (Lipinski definition) is 3. The number of carboxylic acid groups (broad SMARTS) is 1. The second-order valence-electron chi connectivity index (χ2n) is 4.86. The quantitative estimate of drug-likeness (QED) is 0.711. The average Bonchev–Trinajstić information content (AvgIpc) is 2.36. The lowest BCUT2D eigenvalue weighted by Gasteiger charge is -2.38. The minimum atomic E-state index is -0.885. The molecule has 1 saturated carbocycles. The number of hydrogen-bond acceptors (Lipinski definition) is 3. The first kappa shape index (κ1) is 13.5. The van der Waals surface area contributed by atoms with Crippen LogP contribution in [0.3, 0.4) is 0 Å². The van der Waals surface area contributed by atoms with Gasteiger partial charge in [-0.1, -0.05) is 30.3 Å². The Morgan fingerprint density at radius 2 is 1.89 bits per heavy atom. The number of nitrogens with one attached hydrogen (secondary N) is 2. The molecule has 0 atom stereocenters. The Morgan fingerprint density at radius 1 is 1.21 bits per heavy atom. The molecule has 1 aromatic carbocycles. The van der Waals surface area contributed by atoms with Crippen molar-refractivity contribution in [1.29, 1.82) is 0 Å². The van der Waals surface area contributed by atoms with Crippen molar-refractivity contribution in [2.24, 2.45) is 0 Å². The van der Waals surface area contributed by atoms with E-state index >= 15 is 0 Å². The fraction of sp³-hybridized carbons (Fsp3) is 0.429. The zero-order valence-electron chi connectivity index (χ0n) is 10.7. The third-order valence-electron chi connectivity index (χ3n) is 3.54. The van der Waals surface area contributed by atoms with Crippen molar-refractivity contribution in [1.82, 2.24) is 10.6 Å². The van der Waals surface area contributed by atoms with Gasteiger partial charge in [0.15, 0.2) is 0 Å². The first-order chi connectivity index (χ1) is 9.12. The zero-order chi connectivity index (χ0) is 13.7. The predicted molar refractivity (Wildman–Crippen MR) is 70.5 cm³/mol. The van der Waals surface area contributed by atoms with E-state index in [1.807, 2.05) is 30.3 Å². The maximum Gasteiger partial charge on any atom is 0.323 e. The molecule has 3 N–H and O–H groups in total. The lowest BCUT2D eigenvalue weighted by molar-refractivity contribution is -0.149. The van der Waals surface area contributed by atoms with E-state index in [0.29, 0.717) is 19.4 Å². The first-order valence-corrected chi connectivity index (χ1v) is 6.41. The molecule has 1 amide bonds. The van der Waals surface area contributed by atoms with Gasteiger partial charge in [0.05, 0.1) is 6.54 Å². The van der Waals surface area contributed by atoms with Crippen LogP contribution in [0.15, 0.2) is 30.3 Å². The lowest BCUT2D eigenvalue weighted by Crippen LogP contribution is -2.59. The van der Waals surface area contributed by atoms with Crippen molar-refractivity contribution in [3.8, 4) is 0 Å². The van der Waals surface area contributed by atoms with Crippen LogP contribution in [0, 0.1) is 0 Å². The number of rotatable bonds is 6. The molecule has 5 heteroatoms. The molecule has 0 aromatic heterocycles. The van der Waals surface area contributed by atoms with Gasteiger partial charge in [0, 0.05) is 6.54 Å². The van der Waals surface area contributed by atoms with Gasteiger partial charge in [-0.15, -0.1) is 0 Å². The highest BCUT2D eigenvalue weighted by Gasteiger charge is 2.44. The molecule has 1 aromatic rings. The Kier molecular flexibility index (Phi) is 4.16. The molecule has 0 radical (unpaired) electrons. The van der Waals surface area contributed by atoms with Gasteiger partial charge in [-0.3, -0.25) is 14.9 Å². The Balaban J connectivity index is 1.74. The molecule has 5 nitrogen and oxygen atoms in total. The average molecular weight is 262 g/mol. The van der Waals surface area contributed by atoms with Crippen molar-refractivity contribution in [2.75, 3.05) is 6.54 Å². The van der Waals surface area contributed by atoms with Crippen LogP contribution in [-0.4, -0.2) is 29.1 Å². The predicted octanol–water partition coefficient (Wildman–Crippen LogP) is 0.900. The highest BCUT2D eigenvalue weighted by Crippen LogP contribution is 2.31. The molecule has 1 aliphatic carbocycles. The number of carbonyl (C=O) groups excluding carboxylic acids is 1. The minimum Gasteiger partial charge on any atom is -0.480 e. The lowest BCUT2D eigenvalue weighted by atomic mass is 9.77. The van der Waals surface area contributed by atoms with Crippen LogP contribution >= 0.6 is 0 Å². The molecule has 0 unspecified atom stereocenters. The molecular formula is C14H18N2O3. The fourth-order valence-electron chi connectivity index (χ4n) is 2.11. The highest BCUT2D eigenvalue weighted by atomic mass is 16.4. The van der Waals surface area contributed by atoms with Crippen molar-refractivity contribution >= 4 is 11.9 Å². The third kappa shape index (κ3) is 3.32. The van der Waals surface area contributed by atoms with E-state index in [4.69, 9.17) is 5.11 Å². The molecular weight excluding hydrogens is 244 g/mol. The molecule has 0 heterocycles. The fourth-order valence-corrected chi connectivity index (χ4v) is 2.11. The number of carbonyl (C=O) groups is 2. The summed E-state index contributed by atoms with van der Waals surface area (Å²) in [5.41, 5.74) is 0.136. The van der Waals surface area contributed by atoms with Crippen molar-refractivity contribution in [3.63, 3.8) is 0 Å². The van der Waals surface area contributed by atoms with Gasteiger partial charge in [0.25, 0.3) is 0 Å². The highest BCUT2D eigenvalue weighted by molar-refractivity contribution is 5.82. The second kappa shape index (κ2) is 5.84. The van der Waals surface area contributed by atoms with Gasteiger partial charge >= 0.3 is 5.97 Å². The number of carboxylic acids is 1. The van der Waals surface area contributed by atoms with E-state index in [1.165, 1.54) is 0 Å². The summed E-state index contributed by atoms with van der Waals surface area (Å²) in [7, 11) is 0. The van der Waals surface area contributed by atoms with Gasteiger partial charge in [0.1, 0.15) is 5.54 Å². The van der Waals surface area contributed by atoms with Gasteiger partial charge in [0.2, 0.25) is 5.91 Å². The molecule has 1 aliphatic rings. The maximum atomic E-state index is 11.7. The number of amides is 1. The van der Waals surface area contributed by atoms with Gasteiger partial charge in [-0.25, -0.2) is 0 Å². The molecule has 19 heavy (non-hydrogen) atoms. The topological polar surface area (TPSA) is 78.4 Å². The van der Waals surface area contributed by atoms with Crippen LogP contribution in [0.2, 0.25) is 0 Å². The summed E-state index contributed by atoms with van der Waals surface area (Å²) in [6.07, 6.45) is 2.08. The summed E-state index contributed by atoms with van der Waals surface area (Å²) >= 11 is 0. The standard InChI is InChI=1S/C14H18N2O3/c17-12(15-9-11-5-2-1-3-6-11)10-16-14(13(18)19)7-4-8-14/h1-3,5-6,16H,4,7-10H2,(H,15,17)(H,18,19).